The second-order valence-electron chi connectivity index (χ2n) is 5.82. The normalized spacial score (nSPS) is 19.6. The van der Waals surface area contributed by atoms with Crippen LogP contribution in [0.2, 0.25) is 0 Å². The number of hydrogen-bond acceptors (Lipinski definition) is 8. The molecule has 12 nitrogen and oxygen atoms in total. The van der Waals surface area contributed by atoms with Crippen molar-refractivity contribution >= 4 is 23.9 Å². The first-order valence-corrected chi connectivity index (χ1v) is 8.80. The Labute approximate surface area is 163 Å². The molecule has 0 aromatic heterocycles. The highest BCUT2D eigenvalue weighted by molar-refractivity contribution is 5.74. The largest absolute Gasteiger partial charge is 0.480 e. The fourth-order valence-corrected chi connectivity index (χ4v) is 2.09. The number of carbonyl (C=O) groups is 4. The summed E-state index contributed by atoms with van der Waals surface area (Å²) in [6, 6.07) is -0.537. The van der Waals surface area contributed by atoms with E-state index >= 15 is 0 Å². The average molecular weight is 408 g/mol. The van der Waals surface area contributed by atoms with E-state index in [1.807, 2.05) is 0 Å². The first-order valence-electron chi connectivity index (χ1n) is 8.80. The summed E-state index contributed by atoms with van der Waals surface area (Å²) in [5, 5.41) is 43.1. The lowest BCUT2D eigenvalue weighted by molar-refractivity contribution is -0.140. The van der Waals surface area contributed by atoms with Crippen LogP contribution in [-0.2, 0) is 19.2 Å². The van der Waals surface area contributed by atoms with E-state index in [1.54, 1.807) is 14.1 Å². The minimum absolute atomic E-state index is 0.0417. The first-order chi connectivity index (χ1) is 13.1. The van der Waals surface area contributed by atoms with Crippen LogP contribution in [0.25, 0.3) is 0 Å². The van der Waals surface area contributed by atoms with Crippen LogP contribution >= 0.6 is 0 Å². The van der Waals surface area contributed by atoms with Crippen molar-refractivity contribution in [3.63, 3.8) is 0 Å². The van der Waals surface area contributed by atoms with Crippen LogP contribution in [0.5, 0.6) is 0 Å². The topological polar surface area (TPSA) is 197 Å². The van der Waals surface area contributed by atoms with Crippen LogP contribution < -0.4 is 21.3 Å². The number of aliphatic carboxylic acids is 4. The molecule has 8 N–H and O–H groups in total. The smallest absolute Gasteiger partial charge is 0.320 e. The van der Waals surface area contributed by atoms with Crippen molar-refractivity contribution in [3.8, 4) is 0 Å². The van der Waals surface area contributed by atoms with Crippen molar-refractivity contribution in [2.45, 2.75) is 37.8 Å². The van der Waals surface area contributed by atoms with E-state index in [0.717, 1.165) is 38.8 Å². The van der Waals surface area contributed by atoms with Gasteiger partial charge in [-0.25, -0.2) is 0 Å². The predicted octanol–water partition coefficient (Wildman–Crippen LogP) is -1.77. The Morgan fingerprint density at radius 3 is 1.14 bits per heavy atom. The lowest BCUT2D eigenvalue weighted by atomic mass is 10.2. The molecule has 0 unspecified atom stereocenters. The van der Waals surface area contributed by atoms with E-state index in [-0.39, 0.29) is 25.2 Å². The van der Waals surface area contributed by atoms with E-state index in [4.69, 9.17) is 20.4 Å². The third-order valence-electron chi connectivity index (χ3n) is 3.37. The summed E-state index contributed by atoms with van der Waals surface area (Å²) in [4.78, 5) is 39.4. The van der Waals surface area contributed by atoms with Gasteiger partial charge in [0.25, 0.3) is 0 Å². The number of carboxylic acids is 4. The van der Waals surface area contributed by atoms with Gasteiger partial charge in [0.2, 0.25) is 0 Å². The molecule has 28 heavy (non-hydrogen) atoms. The summed E-state index contributed by atoms with van der Waals surface area (Å²) in [6.07, 6.45) is 3.57. The van der Waals surface area contributed by atoms with Gasteiger partial charge >= 0.3 is 23.9 Å². The van der Waals surface area contributed by atoms with E-state index < -0.39 is 23.9 Å². The molecule has 12 heteroatoms. The van der Waals surface area contributed by atoms with Crippen molar-refractivity contribution in [3.05, 3.63) is 0 Å². The van der Waals surface area contributed by atoms with E-state index in [1.165, 1.54) is 0 Å². The van der Waals surface area contributed by atoms with Gasteiger partial charge in [0, 0.05) is 0 Å². The van der Waals surface area contributed by atoms with Gasteiger partial charge in [-0.1, -0.05) is 0 Å². The van der Waals surface area contributed by atoms with Crippen LogP contribution in [-0.4, -0.2) is 96.7 Å². The summed E-state index contributed by atoms with van der Waals surface area (Å²) in [7, 11) is 3.18. The van der Waals surface area contributed by atoms with Crippen molar-refractivity contribution in [2.24, 2.45) is 0 Å². The molecule has 2 atom stereocenters. The van der Waals surface area contributed by atoms with Gasteiger partial charge in [-0.15, -0.1) is 0 Å². The fraction of sp³-hybridized carbons (Fsp3) is 0.750. The standard InChI is InChI=1S/2C5H9NO2.2C3H7NO2/c2*7-5(8)4-2-1-3-6-4;2*1-4-2-3(5)6/h2*4,6H,1-3H2,(H,7,8);2*4H,2H2,1H3,(H,5,6)/t2*4-;;/m00../s1. The molecule has 0 aromatic carbocycles. The Bertz CT molecular complexity index is 422. The lowest BCUT2D eigenvalue weighted by Crippen LogP contribution is -2.29. The van der Waals surface area contributed by atoms with Crippen molar-refractivity contribution < 1.29 is 39.6 Å². The van der Waals surface area contributed by atoms with Crippen LogP contribution in [0.4, 0.5) is 0 Å². The molecule has 0 aromatic rings. The molecule has 164 valence electrons. The molecular formula is C16H32N4O8. The van der Waals surface area contributed by atoms with Gasteiger partial charge in [0.05, 0.1) is 13.1 Å². The third kappa shape index (κ3) is 18.5. The van der Waals surface area contributed by atoms with Gasteiger partial charge < -0.3 is 41.7 Å². The lowest BCUT2D eigenvalue weighted by Gasteiger charge is -1.99. The highest BCUT2D eigenvalue weighted by Gasteiger charge is 2.20. The number of rotatable bonds is 6. The molecular weight excluding hydrogens is 376 g/mol. The Balaban J connectivity index is 0. The molecule has 0 bridgehead atoms. The third-order valence-corrected chi connectivity index (χ3v) is 3.37. The summed E-state index contributed by atoms with van der Waals surface area (Å²) < 4.78 is 0. The van der Waals surface area contributed by atoms with Gasteiger partial charge in [0.15, 0.2) is 0 Å². The van der Waals surface area contributed by atoms with Crippen molar-refractivity contribution in [1.82, 2.24) is 21.3 Å². The quantitative estimate of drug-likeness (QED) is 0.246. The molecule has 0 saturated carbocycles. The van der Waals surface area contributed by atoms with Crippen LogP contribution in [0, 0.1) is 0 Å². The molecule has 2 aliphatic heterocycles. The molecule has 0 spiro atoms. The summed E-state index contributed by atoms with van der Waals surface area (Å²) >= 11 is 0. The summed E-state index contributed by atoms with van der Waals surface area (Å²) in [6.45, 7) is 1.80. The van der Waals surface area contributed by atoms with Gasteiger partial charge in [-0.3, -0.25) is 19.2 Å². The van der Waals surface area contributed by atoms with Crippen LogP contribution in [0.15, 0.2) is 0 Å². The Morgan fingerprint density at radius 2 is 1.07 bits per heavy atom. The second kappa shape index (κ2) is 18.1. The molecule has 0 amide bonds. The monoisotopic (exact) mass is 408 g/mol. The zero-order valence-corrected chi connectivity index (χ0v) is 16.2. The minimum Gasteiger partial charge on any atom is -0.480 e. The van der Waals surface area contributed by atoms with E-state index in [0.29, 0.717) is 0 Å². The second-order valence-corrected chi connectivity index (χ2v) is 5.82. The molecule has 2 rings (SSSR count). The predicted molar refractivity (Wildman–Crippen MR) is 100 cm³/mol. The molecule has 2 heterocycles. The maximum Gasteiger partial charge on any atom is 0.320 e. The summed E-state index contributed by atoms with van der Waals surface area (Å²) in [5.41, 5.74) is 0. The number of nitrogens with one attached hydrogen (secondary N) is 4. The van der Waals surface area contributed by atoms with Gasteiger partial charge in [0.1, 0.15) is 12.1 Å². The maximum absolute atomic E-state index is 10.1. The van der Waals surface area contributed by atoms with Gasteiger partial charge in [-0.2, -0.15) is 0 Å². The Morgan fingerprint density at radius 1 is 0.750 bits per heavy atom. The highest BCUT2D eigenvalue weighted by atomic mass is 16.4. The average Bonchev–Trinajstić information content (AvgIpc) is 3.30. The van der Waals surface area contributed by atoms with Crippen LogP contribution in [0.3, 0.4) is 0 Å². The fourth-order valence-electron chi connectivity index (χ4n) is 2.09. The van der Waals surface area contributed by atoms with Gasteiger partial charge in [-0.05, 0) is 52.9 Å². The van der Waals surface area contributed by atoms with Crippen molar-refractivity contribution in [1.29, 1.82) is 0 Å². The van der Waals surface area contributed by atoms with Crippen molar-refractivity contribution in [2.75, 3.05) is 40.3 Å². The zero-order chi connectivity index (χ0) is 21.9. The molecule has 2 saturated heterocycles. The van der Waals surface area contributed by atoms with E-state index in [9.17, 15) is 19.2 Å². The molecule has 0 radical (unpaired) electrons. The number of likely N-dealkylation sites (N-methyl/N-ethyl adjacent to an activating group) is 2. The number of carboxylic acid groups (broad SMARTS) is 4. The zero-order valence-electron chi connectivity index (χ0n) is 16.2. The van der Waals surface area contributed by atoms with Crippen LogP contribution in [0.1, 0.15) is 25.7 Å². The Hall–Kier alpha value is -2.28. The maximum atomic E-state index is 10.1. The highest BCUT2D eigenvalue weighted by Crippen LogP contribution is 2.04. The summed E-state index contributed by atoms with van der Waals surface area (Å²) in [5.74, 6) is -3.08. The number of hydrogen-bond donors (Lipinski definition) is 8. The Kier molecular flexibility index (Phi) is 18.1. The first kappa shape index (κ1) is 27.9. The minimum atomic E-state index is -0.822. The molecule has 2 aliphatic rings. The molecule has 0 aliphatic carbocycles. The molecule has 2 fully saturated rings. The van der Waals surface area contributed by atoms with E-state index in [2.05, 4.69) is 21.3 Å². The SMILES string of the molecule is CNCC(=O)O.CNCC(=O)O.O=C(O)[C@@H]1CCCN1.O=C(O)[C@@H]1CCCN1.